The van der Waals surface area contributed by atoms with Gasteiger partial charge in [-0.1, -0.05) is 36.4 Å². The highest BCUT2D eigenvalue weighted by Crippen LogP contribution is 2.35. The summed E-state index contributed by atoms with van der Waals surface area (Å²) in [7, 11) is 4.05. The maximum atomic E-state index is 8.92. The van der Waals surface area contributed by atoms with Crippen molar-refractivity contribution in [2.24, 2.45) is 0 Å². The molecule has 0 unspecified atom stereocenters. The van der Waals surface area contributed by atoms with Gasteiger partial charge in [-0.25, -0.2) is 0 Å². The lowest BCUT2D eigenvalue weighted by Crippen LogP contribution is -2.21. The van der Waals surface area contributed by atoms with Gasteiger partial charge in [0.1, 0.15) is 0 Å². The molecule has 0 fully saturated rings. The first-order chi connectivity index (χ1) is 17.5. The third-order valence-electron chi connectivity index (χ3n) is 6.81. The standard InChI is InChI=1S/C31H37N5/c1-5-36(6-2)30-19-13-27(14-20-30)31(25-9-15-28(16-10-25)34(3)23-7-21-32)26-11-17-29(18-12-26)35(4)24-8-22-33/h9-20,31H,5-8,23-24H2,1-4H3. The quantitative estimate of drug-likeness (QED) is 0.281. The van der Waals surface area contributed by atoms with E-state index in [1.807, 2.05) is 14.1 Å². The summed E-state index contributed by atoms with van der Waals surface area (Å²) < 4.78 is 0. The number of benzene rings is 3. The first-order valence-electron chi connectivity index (χ1n) is 12.7. The van der Waals surface area contributed by atoms with Crippen LogP contribution in [0.1, 0.15) is 49.3 Å². The minimum atomic E-state index is 0.104. The van der Waals surface area contributed by atoms with Gasteiger partial charge < -0.3 is 14.7 Å². The van der Waals surface area contributed by atoms with Gasteiger partial charge in [0.15, 0.2) is 0 Å². The lowest BCUT2D eigenvalue weighted by atomic mass is 9.85. The van der Waals surface area contributed by atoms with Gasteiger partial charge in [-0.3, -0.25) is 0 Å². The SMILES string of the molecule is CCN(CC)c1ccc(C(c2ccc(N(C)CCC#N)cc2)c2ccc(N(C)CCC#N)cc2)cc1. The van der Waals surface area contributed by atoms with Crippen molar-refractivity contribution in [1.29, 1.82) is 10.5 Å². The van der Waals surface area contributed by atoms with Crippen molar-refractivity contribution in [2.45, 2.75) is 32.6 Å². The van der Waals surface area contributed by atoms with Crippen molar-refractivity contribution in [2.75, 3.05) is 55.0 Å². The molecule has 0 radical (unpaired) electrons. The zero-order valence-electron chi connectivity index (χ0n) is 22.0. The summed E-state index contributed by atoms with van der Waals surface area (Å²) in [5, 5.41) is 17.8. The van der Waals surface area contributed by atoms with Crippen LogP contribution in [0, 0.1) is 22.7 Å². The molecule has 0 aromatic heterocycles. The third kappa shape index (κ3) is 6.58. The fourth-order valence-electron chi connectivity index (χ4n) is 4.58. The summed E-state index contributed by atoms with van der Waals surface area (Å²) in [6, 6.07) is 30.8. The molecule has 0 saturated carbocycles. The zero-order chi connectivity index (χ0) is 25.9. The van der Waals surface area contributed by atoms with E-state index < -0.39 is 0 Å². The molecule has 3 rings (SSSR count). The van der Waals surface area contributed by atoms with Gasteiger partial charge in [-0.15, -0.1) is 0 Å². The number of nitriles is 2. The van der Waals surface area contributed by atoms with Crippen molar-refractivity contribution in [3.8, 4) is 12.1 Å². The summed E-state index contributed by atoms with van der Waals surface area (Å²) in [6.45, 7) is 7.77. The van der Waals surface area contributed by atoms with Gasteiger partial charge >= 0.3 is 0 Å². The van der Waals surface area contributed by atoms with Crippen LogP contribution >= 0.6 is 0 Å². The monoisotopic (exact) mass is 479 g/mol. The molecule has 0 aliphatic heterocycles. The Morgan fingerprint density at radius 3 is 1.22 bits per heavy atom. The average Bonchev–Trinajstić information content (AvgIpc) is 2.92. The molecule has 0 bridgehead atoms. The van der Waals surface area contributed by atoms with Gasteiger partial charge in [0, 0.05) is 63.3 Å². The molecule has 0 aliphatic carbocycles. The van der Waals surface area contributed by atoms with Crippen LogP contribution in [-0.2, 0) is 0 Å². The molecule has 0 aliphatic rings. The highest BCUT2D eigenvalue weighted by atomic mass is 15.1. The summed E-state index contributed by atoms with van der Waals surface area (Å²) in [4.78, 5) is 6.59. The molecule has 3 aromatic carbocycles. The predicted octanol–water partition coefficient (Wildman–Crippen LogP) is 6.41. The normalized spacial score (nSPS) is 10.5. The Balaban J connectivity index is 1.96. The van der Waals surface area contributed by atoms with Crippen LogP contribution in [0.15, 0.2) is 72.8 Å². The highest BCUT2D eigenvalue weighted by Gasteiger charge is 2.18. The van der Waals surface area contributed by atoms with Crippen molar-refractivity contribution < 1.29 is 0 Å². The summed E-state index contributed by atoms with van der Waals surface area (Å²) in [6.07, 6.45) is 1.02. The van der Waals surface area contributed by atoms with Crippen LogP contribution in [0.5, 0.6) is 0 Å². The second-order valence-corrected chi connectivity index (χ2v) is 9.04. The third-order valence-corrected chi connectivity index (χ3v) is 6.81. The van der Waals surface area contributed by atoms with Crippen LogP contribution in [0.3, 0.4) is 0 Å². The molecule has 186 valence electrons. The maximum absolute atomic E-state index is 8.92. The molecule has 0 atom stereocenters. The number of nitrogens with zero attached hydrogens (tertiary/aromatic N) is 5. The fraction of sp³-hybridized carbons (Fsp3) is 0.355. The van der Waals surface area contributed by atoms with E-state index in [1.54, 1.807) is 0 Å². The molecular weight excluding hydrogens is 442 g/mol. The Morgan fingerprint density at radius 2 is 0.917 bits per heavy atom. The predicted molar refractivity (Wildman–Crippen MR) is 151 cm³/mol. The molecule has 0 N–H and O–H groups in total. The topological polar surface area (TPSA) is 57.3 Å². The highest BCUT2D eigenvalue weighted by molar-refractivity contribution is 5.56. The second-order valence-electron chi connectivity index (χ2n) is 9.04. The lowest BCUT2D eigenvalue weighted by molar-refractivity contribution is 0.864. The van der Waals surface area contributed by atoms with Crippen LogP contribution in [0.2, 0.25) is 0 Å². The number of hydrogen-bond donors (Lipinski definition) is 0. The van der Waals surface area contributed by atoms with Crippen LogP contribution in [0.4, 0.5) is 17.1 Å². The lowest BCUT2D eigenvalue weighted by Gasteiger charge is -2.25. The molecule has 0 amide bonds. The molecule has 0 heterocycles. The van der Waals surface area contributed by atoms with E-state index in [9.17, 15) is 0 Å². The van der Waals surface area contributed by atoms with Gasteiger partial charge in [0.05, 0.1) is 25.0 Å². The van der Waals surface area contributed by atoms with E-state index in [0.717, 1.165) is 24.5 Å². The minimum Gasteiger partial charge on any atom is -0.374 e. The Kier molecular flexibility index (Phi) is 9.78. The summed E-state index contributed by atoms with van der Waals surface area (Å²) in [5.41, 5.74) is 7.17. The van der Waals surface area contributed by atoms with E-state index in [-0.39, 0.29) is 5.92 Å². The van der Waals surface area contributed by atoms with E-state index >= 15 is 0 Å². The van der Waals surface area contributed by atoms with Gasteiger partial charge in [-0.2, -0.15) is 10.5 Å². The van der Waals surface area contributed by atoms with Crippen molar-refractivity contribution >= 4 is 17.1 Å². The zero-order valence-corrected chi connectivity index (χ0v) is 22.0. The van der Waals surface area contributed by atoms with Gasteiger partial charge in [-0.05, 0) is 66.9 Å². The van der Waals surface area contributed by atoms with Gasteiger partial charge in [0.2, 0.25) is 0 Å². The second kappa shape index (κ2) is 13.2. The minimum absolute atomic E-state index is 0.104. The first kappa shape index (κ1) is 26.6. The number of hydrogen-bond acceptors (Lipinski definition) is 5. The summed E-state index contributed by atoms with van der Waals surface area (Å²) >= 11 is 0. The van der Waals surface area contributed by atoms with E-state index in [2.05, 4.69) is 113 Å². The largest absolute Gasteiger partial charge is 0.374 e. The molecule has 5 heteroatoms. The first-order valence-corrected chi connectivity index (χ1v) is 12.7. The maximum Gasteiger partial charge on any atom is 0.0640 e. The van der Waals surface area contributed by atoms with E-state index in [4.69, 9.17) is 10.5 Å². The molecule has 5 nitrogen and oxygen atoms in total. The Labute approximate surface area is 216 Å². The molecule has 36 heavy (non-hydrogen) atoms. The van der Waals surface area contributed by atoms with Crippen LogP contribution in [-0.4, -0.2) is 40.3 Å². The Hall–Kier alpha value is -3.96. The van der Waals surface area contributed by atoms with Crippen molar-refractivity contribution in [3.63, 3.8) is 0 Å². The fourth-order valence-corrected chi connectivity index (χ4v) is 4.58. The summed E-state index contributed by atoms with van der Waals surface area (Å²) in [5.74, 6) is 0.104. The Bertz CT molecular complexity index is 1080. The number of anilines is 3. The van der Waals surface area contributed by atoms with E-state index in [1.165, 1.54) is 22.4 Å². The van der Waals surface area contributed by atoms with Crippen molar-refractivity contribution in [1.82, 2.24) is 0 Å². The molecule has 0 saturated heterocycles. The number of rotatable bonds is 12. The van der Waals surface area contributed by atoms with Gasteiger partial charge in [0.25, 0.3) is 0 Å². The van der Waals surface area contributed by atoms with Crippen molar-refractivity contribution in [3.05, 3.63) is 89.5 Å². The molecule has 3 aromatic rings. The molecule has 0 spiro atoms. The van der Waals surface area contributed by atoms with E-state index in [0.29, 0.717) is 25.9 Å². The van der Waals surface area contributed by atoms with Crippen LogP contribution in [0.25, 0.3) is 0 Å². The average molecular weight is 480 g/mol. The molecular formula is C31H37N5. The Morgan fingerprint density at radius 1 is 0.583 bits per heavy atom. The smallest absolute Gasteiger partial charge is 0.0640 e. The van der Waals surface area contributed by atoms with Crippen LogP contribution < -0.4 is 14.7 Å².